The molecular formula is C19H15FN4O4. The van der Waals surface area contributed by atoms with E-state index in [1.807, 2.05) is 6.07 Å². The van der Waals surface area contributed by atoms with Gasteiger partial charge < -0.3 is 9.84 Å². The van der Waals surface area contributed by atoms with E-state index in [0.717, 1.165) is 6.07 Å². The van der Waals surface area contributed by atoms with Gasteiger partial charge in [0, 0.05) is 17.5 Å². The van der Waals surface area contributed by atoms with Gasteiger partial charge in [0.1, 0.15) is 17.3 Å². The van der Waals surface area contributed by atoms with E-state index in [0.29, 0.717) is 0 Å². The SMILES string of the molecule is COc1ccc(F)cc1-c1c(C#N)ccc(O)c1C(=O)NC1=NCCC(=O)N1. The Morgan fingerprint density at radius 1 is 1.39 bits per heavy atom. The van der Waals surface area contributed by atoms with E-state index in [1.165, 1.54) is 31.4 Å². The van der Waals surface area contributed by atoms with Crippen LogP contribution in [0.5, 0.6) is 11.5 Å². The van der Waals surface area contributed by atoms with Crippen LogP contribution in [0.4, 0.5) is 4.39 Å². The standard InChI is InChI=1S/C19H15FN4O4/c1-28-14-5-3-11(20)8-12(14)16-10(9-21)2-4-13(25)17(16)18(27)24-19-22-7-6-15(26)23-19/h2-5,8,25H,6-7H2,1H3,(H2,22,23,24,26,27). The summed E-state index contributed by atoms with van der Waals surface area (Å²) < 4.78 is 19.1. The van der Waals surface area contributed by atoms with Gasteiger partial charge in [-0.05, 0) is 30.3 Å². The van der Waals surface area contributed by atoms with E-state index in [1.54, 1.807) is 0 Å². The number of methoxy groups -OCH3 is 1. The quantitative estimate of drug-likeness (QED) is 0.745. The highest BCUT2D eigenvalue weighted by Gasteiger charge is 2.25. The maximum absolute atomic E-state index is 13.9. The molecule has 0 saturated carbocycles. The number of aromatic hydroxyl groups is 1. The number of halogens is 1. The summed E-state index contributed by atoms with van der Waals surface area (Å²) in [5.74, 6) is -2.04. The van der Waals surface area contributed by atoms with E-state index < -0.39 is 17.5 Å². The average Bonchev–Trinajstić information content (AvgIpc) is 2.67. The van der Waals surface area contributed by atoms with Crippen molar-refractivity contribution in [1.82, 2.24) is 10.6 Å². The summed E-state index contributed by atoms with van der Waals surface area (Å²) in [6.45, 7) is 0.205. The third-order valence-electron chi connectivity index (χ3n) is 4.06. The summed E-state index contributed by atoms with van der Waals surface area (Å²) in [6, 6.07) is 8.05. The number of aliphatic imine (C=N–C) groups is 1. The summed E-state index contributed by atoms with van der Waals surface area (Å²) in [4.78, 5) is 28.3. The van der Waals surface area contributed by atoms with E-state index >= 15 is 0 Å². The number of guanidine groups is 1. The Morgan fingerprint density at radius 2 is 2.18 bits per heavy atom. The van der Waals surface area contributed by atoms with Crippen LogP contribution in [-0.2, 0) is 4.79 Å². The van der Waals surface area contributed by atoms with Crippen molar-refractivity contribution in [3.8, 4) is 28.7 Å². The Hall–Kier alpha value is -3.93. The first kappa shape index (κ1) is 18.8. The molecule has 0 saturated heterocycles. The number of hydrogen-bond donors (Lipinski definition) is 3. The zero-order valence-corrected chi connectivity index (χ0v) is 14.7. The predicted molar refractivity (Wildman–Crippen MR) is 97.3 cm³/mol. The normalized spacial score (nSPS) is 13.2. The molecule has 8 nitrogen and oxygen atoms in total. The molecule has 0 radical (unpaired) electrons. The Kier molecular flexibility index (Phi) is 5.22. The highest BCUT2D eigenvalue weighted by atomic mass is 19.1. The van der Waals surface area contributed by atoms with Crippen molar-refractivity contribution in [2.75, 3.05) is 13.7 Å². The van der Waals surface area contributed by atoms with Gasteiger partial charge in [-0.25, -0.2) is 4.39 Å². The number of nitrogens with zero attached hydrogens (tertiary/aromatic N) is 2. The van der Waals surface area contributed by atoms with E-state index in [4.69, 9.17) is 4.74 Å². The summed E-state index contributed by atoms with van der Waals surface area (Å²) in [6.07, 6.45) is 0.195. The van der Waals surface area contributed by atoms with Gasteiger partial charge in [0.25, 0.3) is 5.91 Å². The van der Waals surface area contributed by atoms with Gasteiger partial charge in [0.15, 0.2) is 0 Å². The van der Waals surface area contributed by atoms with Crippen LogP contribution >= 0.6 is 0 Å². The van der Waals surface area contributed by atoms with Crippen LogP contribution in [0.3, 0.4) is 0 Å². The molecule has 0 unspecified atom stereocenters. The van der Waals surface area contributed by atoms with Crippen molar-refractivity contribution in [2.45, 2.75) is 6.42 Å². The summed E-state index contributed by atoms with van der Waals surface area (Å²) in [5.41, 5.74) is -0.124. The van der Waals surface area contributed by atoms with Crippen LogP contribution in [0.2, 0.25) is 0 Å². The second-order valence-corrected chi connectivity index (χ2v) is 5.82. The molecule has 0 atom stereocenters. The van der Waals surface area contributed by atoms with Crippen molar-refractivity contribution >= 4 is 17.8 Å². The van der Waals surface area contributed by atoms with Crippen LogP contribution < -0.4 is 15.4 Å². The minimum Gasteiger partial charge on any atom is -0.507 e. The van der Waals surface area contributed by atoms with Crippen LogP contribution in [0, 0.1) is 17.1 Å². The number of rotatable bonds is 3. The molecule has 142 valence electrons. The zero-order chi connectivity index (χ0) is 20.3. The van der Waals surface area contributed by atoms with Gasteiger partial charge in [0.05, 0.1) is 30.9 Å². The lowest BCUT2D eigenvalue weighted by Gasteiger charge is -2.18. The van der Waals surface area contributed by atoms with Crippen molar-refractivity contribution in [3.05, 3.63) is 47.3 Å². The molecule has 9 heteroatoms. The number of phenols is 1. The number of carbonyl (C=O) groups excluding carboxylic acids is 2. The fourth-order valence-electron chi connectivity index (χ4n) is 2.81. The number of nitriles is 1. The molecule has 1 heterocycles. The number of ether oxygens (including phenoxy) is 1. The monoisotopic (exact) mass is 382 g/mol. The Labute approximate surface area is 159 Å². The lowest BCUT2D eigenvalue weighted by atomic mass is 9.92. The summed E-state index contributed by atoms with van der Waals surface area (Å²) >= 11 is 0. The van der Waals surface area contributed by atoms with E-state index in [2.05, 4.69) is 15.6 Å². The Bertz CT molecular complexity index is 1040. The second-order valence-electron chi connectivity index (χ2n) is 5.82. The molecule has 28 heavy (non-hydrogen) atoms. The highest BCUT2D eigenvalue weighted by molar-refractivity contribution is 6.14. The molecule has 0 aliphatic carbocycles. The van der Waals surface area contributed by atoms with Crippen LogP contribution in [0.1, 0.15) is 22.3 Å². The minimum absolute atomic E-state index is 0.000846. The molecule has 2 amide bonds. The fourth-order valence-corrected chi connectivity index (χ4v) is 2.81. The van der Waals surface area contributed by atoms with Gasteiger partial charge in [-0.2, -0.15) is 5.26 Å². The molecule has 0 fully saturated rings. The molecule has 0 aromatic heterocycles. The van der Waals surface area contributed by atoms with Crippen LogP contribution in [-0.4, -0.2) is 36.5 Å². The summed E-state index contributed by atoms with van der Waals surface area (Å²) in [5, 5.41) is 24.6. The smallest absolute Gasteiger partial charge is 0.262 e. The topological polar surface area (TPSA) is 124 Å². The molecule has 2 aromatic carbocycles. The average molecular weight is 382 g/mol. The summed E-state index contributed by atoms with van der Waals surface area (Å²) in [7, 11) is 1.36. The fraction of sp³-hybridized carbons (Fsp3) is 0.158. The number of carbonyl (C=O) groups is 2. The highest BCUT2D eigenvalue weighted by Crippen LogP contribution is 2.38. The number of phenolic OH excluding ortho intramolecular Hbond substituents is 1. The molecule has 2 aromatic rings. The molecular weight excluding hydrogens is 367 g/mol. The van der Waals surface area contributed by atoms with Gasteiger partial charge in [-0.3, -0.25) is 25.2 Å². The number of nitrogens with one attached hydrogen (secondary N) is 2. The Morgan fingerprint density at radius 3 is 2.86 bits per heavy atom. The third kappa shape index (κ3) is 3.61. The maximum Gasteiger partial charge on any atom is 0.262 e. The third-order valence-corrected chi connectivity index (χ3v) is 4.06. The Balaban J connectivity index is 2.16. The van der Waals surface area contributed by atoms with Gasteiger partial charge >= 0.3 is 0 Å². The second kappa shape index (κ2) is 7.75. The van der Waals surface area contributed by atoms with Gasteiger partial charge in [-0.1, -0.05) is 0 Å². The van der Waals surface area contributed by atoms with Crippen molar-refractivity contribution in [2.24, 2.45) is 4.99 Å². The van der Waals surface area contributed by atoms with Crippen molar-refractivity contribution in [1.29, 1.82) is 5.26 Å². The predicted octanol–water partition coefficient (Wildman–Crippen LogP) is 1.68. The van der Waals surface area contributed by atoms with Crippen molar-refractivity contribution < 1.29 is 23.8 Å². The van der Waals surface area contributed by atoms with Crippen LogP contribution in [0.25, 0.3) is 11.1 Å². The number of benzene rings is 2. The van der Waals surface area contributed by atoms with Crippen LogP contribution in [0.15, 0.2) is 35.3 Å². The first-order chi connectivity index (χ1) is 13.4. The lowest BCUT2D eigenvalue weighted by Crippen LogP contribution is -2.46. The minimum atomic E-state index is -0.822. The van der Waals surface area contributed by atoms with E-state index in [9.17, 15) is 24.3 Å². The molecule has 3 rings (SSSR count). The van der Waals surface area contributed by atoms with Crippen molar-refractivity contribution in [3.63, 3.8) is 0 Å². The largest absolute Gasteiger partial charge is 0.507 e. The first-order valence-electron chi connectivity index (χ1n) is 8.20. The molecule has 0 bridgehead atoms. The zero-order valence-electron chi connectivity index (χ0n) is 14.7. The molecule has 3 N–H and O–H groups in total. The van der Waals surface area contributed by atoms with Gasteiger partial charge in [0.2, 0.25) is 11.9 Å². The first-order valence-corrected chi connectivity index (χ1v) is 8.20. The van der Waals surface area contributed by atoms with E-state index in [-0.39, 0.29) is 52.8 Å². The molecule has 1 aliphatic heterocycles. The molecule has 0 spiro atoms. The number of amides is 2. The lowest BCUT2D eigenvalue weighted by molar-refractivity contribution is -0.119. The molecule has 1 aliphatic rings. The maximum atomic E-state index is 13.9. The number of hydrogen-bond acceptors (Lipinski definition) is 6. The van der Waals surface area contributed by atoms with Gasteiger partial charge in [-0.15, -0.1) is 0 Å².